The molecule has 11 heavy (non-hydrogen) atoms. The summed E-state index contributed by atoms with van der Waals surface area (Å²) in [6, 6.07) is 0. The van der Waals surface area contributed by atoms with E-state index in [0.717, 1.165) is 0 Å². The Hall–Kier alpha value is -0.120. The van der Waals surface area contributed by atoms with Crippen LogP contribution in [0, 0.1) is 5.92 Å². The van der Waals surface area contributed by atoms with Crippen molar-refractivity contribution in [3.05, 3.63) is 0 Å². The minimum absolute atomic E-state index is 0.0790. The van der Waals surface area contributed by atoms with Crippen molar-refractivity contribution in [1.82, 2.24) is 0 Å². The summed E-state index contributed by atoms with van der Waals surface area (Å²) in [7, 11) is 0. The Balaban J connectivity index is 2.43. The van der Waals surface area contributed by atoms with E-state index in [4.69, 9.17) is 9.84 Å². The van der Waals surface area contributed by atoms with Gasteiger partial charge >= 0.3 is 0 Å². The van der Waals surface area contributed by atoms with Gasteiger partial charge in [-0.05, 0) is 5.92 Å². The van der Waals surface area contributed by atoms with E-state index in [1.807, 2.05) is 0 Å². The first-order valence-electron chi connectivity index (χ1n) is 4.09. The summed E-state index contributed by atoms with van der Waals surface area (Å²) >= 11 is 0. The molecule has 0 radical (unpaired) electrons. The molecule has 0 aliphatic carbocycles. The van der Waals surface area contributed by atoms with E-state index < -0.39 is 6.10 Å². The van der Waals surface area contributed by atoms with Crippen molar-refractivity contribution in [2.45, 2.75) is 38.6 Å². The molecule has 0 saturated carbocycles. The van der Waals surface area contributed by atoms with Gasteiger partial charge in [0.05, 0.1) is 18.8 Å². The Morgan fingerprint density at radius 1 is 1.55 bits per heavy atom. The van der Waals surface area contributed by atoms with Gasteiger partial charge in [-0.25, -0.2) is 0 Å². The lowest BCUT2D eigenvalue weighted by molar-refractivity contribution is -0.0335. The van der Waals surface area contributed by atoms with Crippen molar-refractivity contribution in [3.63, 3.8) is 0 Å². The van der Waals surface area contributed by atoms with Gasteiger partial charge in [-0.2, -0.15) is 0 Å². The van der Waals surface area contributed by atoms with Gasteiger partial charge in [0.2, 0.25) is 0 Å². The van der Waals surface area contributed by atoms with E-state index in [1.54, 1.807) is 0 Å². The molecule has 0 aromatic rings. The van der Waals surface area contributed by atoms with Crippen molar-refractivity contribution in [2.24, 2.45) is 5.92 Å². The third kappa shape index (κ3) is 1.92. The highest BCUT2D eigenvalue weighted by Gasteiger charge is 2.34. The van der Waals surface area contributed by atoms with Gasteiger partial charge in [-0.1, -0.05) is 13.8 Å². The smallest absolute Gasteiger partial charge is 0.107 e. The molecular formula is C8H16O3. The molecular weight excluding hydrogens is 144 g/mol. The third-order valence-electron chi connectivity index (χ3n) is 2.18. The second kappa shape index (κ2) is 3.52. The van der Waals surface area contributed by atoms with Gasteiger partial charge in [0, 0.05) is 6.42 Å². The number of aliphatic hydroxyl groups is 2. The maximum Gasteiger partial charge on any atom is 0.107 e. The van der Waals surface area contributed by atoms with Crippen LogP contribution in [0.2, 0.25) is 0 Å². The molecule has 1 fully saturated rings. The van der Waals surface area contributed by atoms with Gasteiger partial charge in [0.1, 0.15) is 6.10 Å². The average Bonchev–Trinajstić information content (AvgIpc) is 2.31. The van der Waals surface area contributed by atoms with Crippen LogP contribution >= 0.6 is 0 Å². The zero-order chi connectivity index (χ0) is 8.43. The maximum absolute atomic E-state index is 9.32. The molecule has 1 aliphatic heterocycles. The van der Waals surface area contributed by atoms with Crippen LogP contribution in [-0.2, 0) is 4.74 Å². The number of hydrogen-bond donors (Lipinski definition) is 2. The highest BCUT2D eigenvalue weighted by molar-refractivity contribution is 4.82. The van der Waals surface area contributed by atoms with Crippen molar-refractivity contribution in [1.29, 1.82) is 0 Å². The van der Waals surface area contributed by atoms with E-state index in [0.29, 0.717) is 12.3 Å². The fraction of sp³-hybridized carbons (Fsp3) is 1.00. The maximum atomic E-state index is 9.32. The van der Waals surface area contributed by atoms with E-state index in [2.05, 4.69) is 13.8 Å². The molecule has 1 unspecified atom stereocenters. The fourth-order valence-corrected chi connectivity index (χ4v) is 1.35. The second-order valence-electron chi connectivity index (χ2n) is 3.44. The summed E-state index contributed by atoms with van der Waals surface area (Å²) < 4.78 is 5.38. The average molecular weight is 160 g/mol. The summed E-state index contributed by atoms with van der Waals surface area (Å²) in [5.74, 6) is 0.418. The lowest BCUT2D eigenvalue weighted by Crippen LogP contribution is -2.24. The normalized spacial score (nSPS) is 38.5. The zero-order valence-electron chi connectivity index (χ0n) is 7.03. The molecule has 0 spiro atoms. The third-order valence-corrected chi connectivity index (χ3v) is 2.18. The van der Waals surface area contributed by atoms with Crippen molar-refractivity contribution in [2.75, 3.05) is 6.61 Å². The molecule has 3 nitrogen and oxygen atoms in total. The Morgan fingerprint density at radius 3 is 2.45 bits per heavy atom. The summed E-state index contributed by atoms with van der Waals surface area (Å²) in [6.07, 6.45) is -0.0694. The minimum Gasteiger partial charge on any atom is -0.394 e. The fourth-order valence-electron chi connectivity index (χ4n) is 1.35. The quantitative estimate of drug-likeness (QED) is 0.604. The van der Waals surface area contributed by atoms with E-state index in [9.17, 15) is 5.11 Å². The largest absolute Gasteiger partial charge is 0.394 e. The van der Waals surface area contributed by atoms with Crippen LogP contribution in [0.4, 0.5) is 0 Å². The van der Waals surface area contributed by atoms with Gasteiger partial charge < -0.3 is 14.9 Å². The highest BCUT2D eigenvalue weighted by atomic mass is 16.5. The van der Waals surface area contributed by atoms with Crippen molar-refractivity contribution >= 4 is 0 Å². The minimum atomic E-state index is -0.479. The monoisotopic (exact) mass is 160 g/mol. The molecule has 1 aliphatic rings. The first-order valence-corrected chi connectivity index (χ1v) is 4.09. The first-order chi connectivity index (χ1) is 5.15. The molecule has 0 amide bonds. The van der Waals surface area contributed by atoms with Crippen LogP contribution in [0.3, 0.4) is 0 Å². The molecule has 0 aromatic carbocycles. The SMILES string of the molecule is CC(C)C1C[C@H](O)[C@@H](CO)O1. The summed E-state index contributed by atoms with van der Waals surface area (Å²) in [5, 5.41) is 18.1. The molecule has 1 heterocycles. The lowest BCUT2D eigenvalue weighted by atomic mass is 10.0. The standard InChI is InChI=1S/C8H16O3/c1-5(2)7-3-6(10)8(4-9)11-7/h5-10H,3-4H2,1-2H3/t6-,7?,8+/m0/s1. The van der Waals surface area contributed by atoms with E-state index >= 15 is 0 Å². The predicted molar refractivity (Wildman–Crippen MR) is 41.2 cm³/mol. The molecule has 3 atom stereocenters. The molecule has 0 aromatic heterocycles. The molecule has 1 rings (SSSR count). The van der Waals surface area contributed by atoms with Gasteiger partial charge in [-0.15, -0.1) is 0 Å². The van der Waals surface area contributed by atoms with Crippen molar-refractivity contribution in [3.8, 4) is 0 Å². The predicted octanol–water partition coefficient (Wildman–Crippen LogP) is 0.153. The molecule has 3 heteroatoms. The Kier molecular flexibility index (Phi) is 2.87. The van der Waals surface area contributed by atoms with Crippen LogP contribution in [0.1, 0.15) is 20.3 Å². The molecule has 0 bridgehead atoms. The van der Waals surface area contributed by atoms with E-state index in [-0.39, 0.29) is 18.8 Å². The van der Waals surface area contributed by atoms with Crippen LogP contribution in [0.15, 0.2) is 0 Å². The summed E-state index contributed by atoms with van der Waals surface area (Å²) in [4.78, 5) is 0. The van der Waals surface area contributed by atoms with Crippen molar-refractivity contribution < 1.29 is 14.9 Å². The highest BCUT2D eigenvalue weighted by Crippen LogP contribution is 2.25. The molecule has 1 saturated heterocycles. The Bertz CT molecular complexity index is 125. The van der Waals surface area contributed by atoms with Gasteiger partial charge in [0.15, 0.2) is 0 Å². The number of hydrogen-bond acceptors (Lipinski definition) is 3. The number of ether oxygens (including phenoxy) is 1. The Morgan fingerprint density at radius 2 is 2.18 bits per heavy atom. The lowest BCUT2D eigenvalue weighted by Gasteiger charge is -2.14. The second-order valence-corrected chi connectivity index (χ2v) is 3.44. The number of rotatable bonds is 2. The topological polar surface area (TPSA) is 49.7 Å². The van der Waals surface area contributed by atoms with Gasteiger partial charge in [-0.3, -0.25) is 0 Å². The van der Waals surface area contributed by atoms with Crippen LogP contribution in [0.25, 0.3) is 0 Å². The molecule has 2 N–H and O–H groups in total. The summed E-state index contributed by atoms with van der Waals surface area (Å²) in [6.45, 7) is 4.03. The van der Waals surface area contributed by atoms with Crippen LogP contribution in [-0.4, -0.2) is 35.1 Å². The zero-order valence-corrected chi connectivity index (χ0v) is 7.03. The van der Waals surface area contributed by atoms with E-state index in [1.165, 1.54) is 0 Å². The first kappa shape index (κ1) is 8.97. The number of aliphatic hydroxyl groups excluding tert-OH is 2. The van der Waals surface area contributed by atoms with Crippen LogP contribution in [0.5, 0.6) is 0 Å². The molecule has 66 valence electrons. The van der Waals surface area contributed by atoms with Crippen LogP contribution < -0.4 is 0 Å². The Labute approximate surface area is 67.0 Å². The summed E-state index contributed by atoms with van der Waals surface area (Å²) in [5.41, 5.74) is 0. The van der Waals surface area contributed by atoms with Gasteiger partial charge in [0.25, 0.3) is 0 Å².